The van der Waals surface area contributed by atoms with Crippen molar-refractivity contribution in [1.82, 2.24) is 0 Å². The predicted octanol–water partition coefficient (Wildman–Crippen LogP) is 3.67. The molecular weight excluding hydrogens is 267 g/mol. The lowest BCUT2D eigenvalue weighted by Crippen LogP contribution is -1.91. The number of methoxy groups -OCH3 is 1. The highest BCUT2D eigenvalue weighted by molar-refractivity contribution is 7.89. The monoisotopic (exact) mass is 280 g/mol. The highest BCUT2D eigenvalue weighted by Crippen LogP contribution is 2.22. The minimum atomic E-state index is -1.84. The minimum absolute atomic E-state index is 0.259. The molecule has 3 nitrogen and oxygen atoms in total. The van der Waals surface area contributed by atoms with Crippen molar-refractivity contribution < 1.29 is 17.8 Å². The van der Waals surface area contributed by atoms with Crippen LogP contribution >= 0.6 is 0 Å². The second kappa shape index (κ2) is 5.84. The van der Waals surface area contributed by atoms with Crippen molar-refractivity contribution in [2.75, 3.05) is 7.11 Å². The fourth-order valence-corrected chi connectivity index (χ4v) is 2.29. The number of ether oxygens (including phenoxy) is 1. The van der Waals surface area contributed by atoms with Gasteiger partial charge in [0.15, 0.2) is 5.16 Å². The van der Waals surface area contributed by atoms with E-state index in [1.54, 1.807) is 36.4 Å². The third kappa shape index (κ3) is 3.32. The Morgan fingerprint density at radius 2 is 1.95 bits per heavy atom. The number of rotatable bonds is 4. The van der Waals surface area contributed by atoms with Crippen molar-refractivity contribution >= 4 is 16.9 Å². The fourth-order valence-electron chi connectivity index (χ4n) is 1.46. The molecule has 0 saturated carbocycles. The summed E-state index contributed by atoms with van der Waals surface area (Å²) >= 11 is 0. The van der Waals surface area contributed by atoms with Crippen LogP contribution in [0.25, 0.3) is 6.08 Å². The Kier molecular flexibility index (Phi) is 4.16. The lowest BCUT2D eigenvalue weighted by atomic mass is 10.2. The van der Waals surface area contributed by atoms with Crippen molar-refractivity contribution in [3.63, 3.8) is 0 Å². The maximum Gasteiger partial charge on any atom is 0.284 e. The Hall–Kier alpha value is -1.88. The first-order valence-corrected chi connectivity index (χ1v) is 6.74. The molecule has 0 bridgehead atoms. The Bertz CT molecular complexity index is 614. The summed E-state index contributed by atoms with van der Waals surface area (Å²) in [5.41, 5.74) is 1.03. The molecule has 100 valence electrons. The first kappa shape index (κ1) is 13.5. The zero-order chi connectivity index (χ0) is 13.8. The summed E-state index contributed by atoms with van der Waals surface area (Å²) < 4.78 is 35.7. The molecular formula is C14H13FO3S. The predicted molar refractivity (Wildman–Crippen MR) is 71.9 cm³/mol. The van der Waals surface area contributed by atoms with E-state index >= 15 is 0 Å². The molecule has 19 heavy (non-hydrogen) atoms. The van der Waals surface area contributed by atoms with Gasteiger partial charge in [-0.2, -0.15) is 4.39 Å². The zero-order valence-electron chi connectivity index (χ0n) is 10.6. The molecule has 0 aliphatic heterocycles. The normalized spacial score (nSPS) is 13.3. The van der Waals surface area contributed by atoms with Gasteiger partial charge in [0.05, 0.1) is 7.11 Å². The van der Waals surface area contributed by atoms with Crippen molar-refractivity contribution in [3.05, 3.63) is 52.9 Å². The largest absolute Gasteiger partial charge is 0.468 e. The number of hydrogen-bond acceptors (Lipinski definition) is 3. The number of aryl methyl sites for hydroxylation is 1. The molecule has 0 radical (unpaired) electrons. The highest BCUT2D eigenvalue weighted by Gasteiger charge is 2.11. The second-order valence-corrected chi connectivity index (χ2v) is 5.29. The van der Waals surface area contributed by atoms with E-state index in [1.165, 1.54) is 7.11 Å². The van der Waals surface area contributed by atoms with E-state index in [0.29, 0.717) is 4.90 Å². The van der Waals surface area contributed by atoms with Crippen LogP contribution in [0.3, 0.4) is 0 Å². The van der Waals surface area contributed by atoms with Crippen LogP contribution < -0.4 is 4.74 Å². The zero-order valence-corrected chi connectivity index (χ0v) is 11.4. The highest BCUT2D eigenvalue weighted by atomic mass is 32.2. The number of halogens is 1. The maximum absolute atomic E-state index is 13.8. The molecule has 0 amide bonds. The Labute approximate surface area is 113 Å². The first-order chi connectivity index (χ1) is 9.10. The Morgan fingerprint density at radius 1 is 1.26 bits per heavy atom. The topological polar surface area (TPSA) is 39.4 Å². The van der Waals surface area contributed by atoms with Crippen molar-refractivity contribution in [1.29, 1.82) is 0 Å². The van der Waals surface area contributed by atoms with Crippen LogP contribution in [0.2, 0.25) is 0 Å². The van der Waals surface area contributed by atoms with E-state index in [0.717, 1.165) is 11.6 Å². The van der Waals surface area contributed by atoms with E-state index in [9.17, 15) is 8.60 Å². The Morgan fingerprint density at radius 3 is 2.53 bits per heavy atom. The summed E-state index contributed by atoms with van der Waals surface area (Å²) in [6.45, 7) is 1.91. The van der Waals surface area contributed by atoms with Crippen molar-refractivity contribution in [3.8, 4) is 5.95 Å². The third-order valence-electron chi connectivity index (χ3n) is 2.47. The molecule has 1 aromatic carbocycles. The molecule has 1 aromatic heterocycles. The molecule has 0 aliphatic carbocycles. The molecule has 5 heteroatoms. The van der Waals surface area contributed by atoms with Crippen LogP contribution in [0.5, 0.6) is 5.95 Å². The van der Waals surface area contributed by atoms with E-state index in [-0.39, 0.29) is 11.7 Å². The van der Waals surface area contributed by atoms with Gasteiger partial charge in [0.2, 0.25) is 0 Å². The van der Waals surface area contributed by atoms with Crippen molar-refractivity contribution in [2.45, 2.75) is 11.8 Å². The van der Waals surface area contributed by atoms with Gasteiger partial charge < -0.3 is 9.15 Å². The Balaban J connectivity index is 2.20. The first-order valence-electron chi connectivity index (χ1n) is 5.59. The van der Waals surface area contributed by atoms with Gasteiger partial charge >= 0.3 is 0 Å². The van der Waals surface area contributed by atoms with Crippen LogP contribution in [-0.2, 0) is 10.8 Å². The summed E-state index contributed by atoms with van der Waals surface area (Å²) in [6, 6.07) is 9.97. The fraction of sp³-hybridized carbons (Fsp3) is 0.143. The van der Waals surface area contributed by atoms with Gasteiger partial charge in [-0.05, 0) is 25.1 Å². The van der Waals surface area contributed by atoms with E-state index in [2.05, 4.69) is 0 Å². The van der Waals surface area contributed by atoms with Gasteiger partial charge in [-0.3, -0.25) is 0 Å². The quantitative estimate of drug-likeness (QED) is 0.857. The van der Waals surface area contributed by atoms with Crippen molar-refractivity contribution in [2.24, 2.45) is 0 Å². The average Bonchev–Trinajstić information content (AvgIpc) is 2.86. The molecule has 2 aromatic rings. The van der Waals surface area contributed by atoms with Gasteiger partial charge in [0.25, 0.3) is 5.95 Å². The summed E-state index contributed by atoms with van der Waals surface area (Å²) in [6.07, 6.45) is 1.10. The maximum atomic E-state index is 13.8. The van der Waals surface area contributed by atoms with E-state index in [4.69, 9.17) is 9.15 Å². The van der Waals surface area contributed by atoms with Gasteiger partial charge in [-0.25, -0.2) is 4.21 Å². The van der Waals surface area contributed by atoms with Gasteiger partial charge in [-0.1, -0.05) is 17.7 Å². The van der Waals surface area contributed by atoms with Gasteiger partial charge in [0, 0.05) is 17.0 Å². The molecule has 1 heterocycles. The van der Waals surface area contributed by atoms with Gasteiger partial charge in [-0.15, -0.1) is 0 Å². The molecule has 2 rings (SSSR count). The smallest absolute Gasteiger partial charge is 0.284 e. The van der Waals surface area contributed by atoms with Crippen LogP contribution in [0.4, 0.5) is 4.39 Å². The third-order valence-corrected chi connectivity index (χ3v) is 3.64. The van der Waals surface area contributed by atoms with E-state index in [1.807, 2.05) is 6.92 Å². The van der Waals surface area contributed by atoms with Crippen LogP contribution in [-0.4, -0.2) is 11.3 Å². The summed E-state index contributed by atoms with van der Waals surface area (Å²) in [5.74, 6) is 0.537. The molecule has 0 fully saturated rings. The second-order valence-electron chi connectivity index (χ2n) is 3.89. The lowest BCUT2D eigenvalue weighted by molar-refractivity contribution is 0.303. The number of hydrogen-bond donors (Lipinski definition) is 0. The van der Waals surface area contributed by atoms with Crippen LogP contribution in [0.1, 0.15) is 11.3 Å². The average molecular weight is 280 g/mol. The molecule has 1 atom stereocenters. The van der Waals surface area contributed by atoms with Crippen LogP contribution in [0, 0.1) is 6.92 Å². The molecule has 0 N–H and O–H groups in total. The standard InChI is InChI=1S/C14H13FO3S/c1-10-3-6-12(7-4-10)19(16)13(15)9-11-5-8-14(17-2)18-11/h3-9H,1-2H3/b13-9+. The number of benzene rings is 1. The molecule has 0 spiro atoms. The number of furan rings is 1. The van der Waals surface area contributed by atoms with Gasteiger partial charge in [0.1, 0.15) is 16.6 Å². The molecule has 0 saturated heterocycles. The van der Waals surface area contributed by atoms with Crippen LogP contribution in [0.15, 0.2) is 50.9 Å². The van der Waals surface area contributed by atoms with E-state index < -0.39 is 16.0 Å². The summed E-state index contributed by atoms with van der Waals surface area (Å²) in [7, 11) is -0.384. The lowest BCUT2D eigenvalue weighted by Gasteiger charge is -1.99. The minimum Gasteiger partial charge on any atom is -0.468 e. The summed E-state index contributed by atoms with van der Waals surface area (Å²) in [5, 5.41) is -0.763. The summed E-state index contributed by atoms with van der Waals surface area (Å²) in [4.78, 5) is 0.415. The molecule has 1 unspecified atom stereocenters. The SMILES string of the molecule is COc1ccc(/C=C(\F)S(=O)c2ccc(C)cc2)o1. The molecule has 0 aliphatic rings.